The number of carbonyl (C=O) groups excluding carboxylic acids is 3. The lowest BCUT2D eigenvalue weighted by atomic mass is 9.85. The van der Waals surface area contributed by atoms with Crippen molar-refractivity contribution in [2.75, 3.05) is 26.6 Å². The zero-order valence-corrected chi connectivity index (χ0v) is 20.8. The quantitative estimate of drug-likeness (QED) is 0.433. The van der Waals surface area contributed by atoms with Gasteiger partial charge in [-0.2, -0.15) is 0 Å². The summed E-state index contributed by atoms with van der Waals surface area (Å²) < 4.78 is 16.6. The Morgan fingerprint density at radius 2 is 1.48 bits per heavy atom. The molecule has 9 nitrogen and oxygen atoms in total. The Labute approximate surface area is 201 Å². The number of ether oxygens (including phenoxy) is 3. The number of hydrogen-bond acceptors (Lipinski definition) is 6. The summed E-state index contributed by atoms with van der Waals surface area (Å²) >= 11 is 3.36. The normalized spacial score (nSPS) is 10.7. The van der Waals surface area contributed by atoms with Crippen LogP contribution in [0.5, 0.6) is 17.2 Å². The van der Waals surface area contributed by atoms with Crippen LogP contribution in [-0.2, 0) is 9.59 Å². The molecule has 0 atom stereocenters. The predicted octanol–water partition coefficient (Wildman–Crippen LogP) is 3.68. The monoisotopic (exact) mass is 521 g/mol. The highest BCUT2D eigenvalue weighted by Gasteiger charge is 2.26. The van der Waals surface area contributed by atoms with Gasteiger partial charge in [-0.1, -0.05) is 35.8 Å². The van der Waals surface area contributed by atoms with Crippen LogP contribution >= 0.6 is 15.9 Å². The van der Waals surface area contributed by atoms with Gasteiger partial charge in [0.25, 0.3) is 5.91 Å². The number of benzene rings is 2. The number of carbonyl (C=O) groups is 3. The standard InChI is InChI=1S/C23H28BrN3O6/c1-23(2,12-19(28)25-16-8-6-7-15(24)11-16)13-20(29)26-27-22(30)14-9-17(31-3)21(33-5)18(10-14)32-4/h6-11H,12-13H2,1-5H3,(H,25,28)(H,26,29)(H,27,30). The van der Waals surface area contributed by atoms with E-state index >= 15 is 0 Å². The van der Waals surface area contributed by atoms with Gasteiger partial charge in [0.15, 0.2) is 11.5 Å². The summed E-state index contributed by atoms with van der Waals surface area (Å²) in [4.78, 5) is 37.3. The van der Waals surface area contributed by atoms with Gasteiger partial charge in [-0.25, -0.2) is 0 Å². The van der Waals surface area contributed by atoms with E-state index < -0.39 is 17.2 Å². The highest BCUT2D eigenvalue weighted by molar-refractivity contribution is 9.10. The first-order valence-corrected chi connectivity index (χ1v) is 10.8. The molecule has 2 aromatic carbocycles. The molecule has 0 aromatic heterocycles. The molecule has 0 saturated heterocycles. The van der Waals surface area contributed by atoms with Crippen LogP contribution in [0, 0.1) is 5.41 Å². The first-order valence-electron chi connectivity index (χ1n) is 10.0. The predicted molar refractivity (Wildman–Crippen MR) is 127 cm³/mol. The summed E-state index contributed by atoms with van der Waals surface area (Å²) in [5.74, 6) is -0.239. The van der Waals surface area contributed by atoms with Gasteiger partial charge in [-0.3, -0.25) is 25.2 Å². The average molecular weight is 522 g/mol. The molecule has 0 aliphatic rings. The van der Waals surface area contributed by atoms with Crippen molar-refractivity contribution in [3.63, 3.8) is 0 Å². The van der Waals surface area contributed by atoms with Crippen LogP contribution in [0.1, 0.15) is 37.0 Å². The summed E-state index contributed by atoms with van der Waals surface area (Å²) in [6, 6.07) is 10.2. The maximum atomic E-state index is 12.5. The van der Waals surface area contributed by atoms with Crippen molar-refractivity contribution >= 4 is 39.3 Å². The van der Waals surface area contributed by atoms with Crippen LogP contribution < -0.4 is 30.4 Å². The summed E-state index contributed by atoms with van der Waals surface area (Å²) in [7, 11) is 4.34. The largest absolute Gasteiger partial charge is 0.493 e. The molecular formula is C23H28BrN3O6. The van der Waals surface area contributed by atoms with E-state index in [1.807, 2.05) is 12.1 Å². The molecule has 0 saturated carbocycles. The van der Waals surface area contributed by atoms with Gasteiger partial charge in [0.2, 0.25) is 17.6 Å². The number of halogens is 1. The first-order chi connectivity index (χ1) is 15.6. The van der Waals surface area contributed by atoms with Crippen LogP contribution in [0.15, 0.2) is 40.9 Å². The van der Waals surface area contributed by atoms with E-state index in [1.165, 1.54) is 33.5 Å². The zero-order chi connectivity index (χ0) is 24.6. The van der Waals surface area contributed by atoms with Crippen LogP contribution in [0.2, 0.25) is 0 Å². The fourth-order valence-electron chi connectivity index (χ4n) is 3.16. The molecule has 3 N–H and O–H groups in total. The number of nitrogens with one attached hydrogen (secondary N) is 3. The van der Waals surface area contributed by atoms with Gasteiger partial charge in [-0.15, -0.1) is 0 Å². The van der Waals surface area contributed by atoms with E-state index in [0.29, 0.717) is 22.9 Å². The first kappa shape index (κ1) is 26.0. The third-order valence-electron chi connectivity index (χ3n) is 4.63. The molecule has 0 spiro atoms. The van der Waals surface area contributed by atoms with Crippen LogP contribution in [0.4, 0.5) is 5.69 Å². The molecule has 2 rings (SSSR count). The van der Waals surface area contributed by atoms with Gasteiger partial charge in [0, 0.05) is 28.6 Å². The fraction of sp³-hybridized carbons (Fsp3) is 0.348. The molecule has 10 heteroatoms. The fourth-order valence-corrected chi connectivity index (χ4v) is 3.56. The molecule has 0 radical (unpaired) electrons. The molecule has 3 amide bonds. The molecule has 0 unspecified atom stereocenters. The van der Waals surface area contributed by atoms with E-state index in [2.05, 4.69) is 32.1 Å². The molecule has 0 heterocycles. The molecule has 178 valence electrons. The van der Waals surface area contributed by atoms with Crippen LogP contribution in [0.25, 0.3) is 0 Å². The highest BCUT2D eigenvalue weighted by Crippen LogP contribution is 2.38. The smallest absolute Gasteiger partial charge is 0.269 e. The van der Waals surface area contributed by atoms with E-state index in [0.717, 1.165) is 4.47 Å². The molecule has 0 bridgehead atoms. The lowest BCUT2D eigenvalue weighted by Crippen LogP contribution is -2.43. The summed E-state index contributed by atoms with van der Waals surface area (Å²) in [6.45, 7) is 3.60. The number of rotatable bonds is 9. The average Bonchev–Trinajstić information content (AvgIpc) is 2.75. The van der Waals surface area contributed by atoms with Crippen LogP contribution in [0.3, 0.4) is 0 Å². The minimum atomic E-state index is -0.641. The Morgan fingerprint density at radius 3 is 2.03 bits per heavy atom. The number of hydrazine groups is 1. The zero-order valence-electron chi connectivity index (χ0n) is 19.2. The van der Waals surface area contributed by atoms with E-state index in [9.17, 15) is 14.4 Å². The minimum absolute atomic E-state index is 0.0223. The Morgan fingerprint density at radius 1 is 0.879 bits per heavy atom. The summed E-state index contributed by atoms with van der Waals surface area (Å²) in [5.41, 5.74) is 4.97. The molecular weight excluding hydrogens is 494 g/mol. The van der Waals surface area contributed by atoms with Crippen LogP contribution in [-0.4, -0.2) is 39.1 Å². The summed E-state index contributed by atoms with van der Waals surface area (Å²) in [6.07, 6.45) is 0.141. The van der Waals surface area contributed by atoms with Crippen molar-refractivity contribution in [2.45, 2.75) is 26.7 Å². The Balaban J connectivity index is 1.93. The van der Waals surface area contributed by atoms with Gasteiger partial charge in [0.05, 0.1) is 21.3 Å². The van der Waals surface area contributed by atoms with Gasteiger partial charge >= 0.3 is 0 Å². The number of methoxy groups -OCH3 is 3. The Kier molecular flexibility index (Phi) is 9.10. The van der Waals surface area contributed by atoms with Crippen molar-refractivity contribution in [1.82, 2.24) is 10.9 Å². The van der Waals surface area contributed by atoms with Crippen molar-refractivity contribution in [2.24, 2.45) is 5.41 Å². The van der Waals surface area contributed by atoms with Crippen molar-refractivity contribution < 1.29 is 28.6 Å². The third-order valence-corrected chi connectivity index (χ3v) is 5.12. The maximum Gasteiger partial charge on any atom is 0.269 e. The number of hydrogen-bond donors (Lipinski definition) is 3. The second kappa shape index (κ2) is 11.6. The second-order valence-corrected chi connectivity index (χ2v) is 8.91. The van der Waals surface area contributed by atoms with E-state index in [4.69, 9.17) is 14.2 Å². The van der Waals surface area contributed by atoms with E-state index in [1.54, 1.807) is 26.0 Å². The van der Waals surface area contributed by atoms with Gasteiger partial charge < -0.3 is 19.5 Å². The van der Waals surface area contributed by atoms with Crippen molar-refractivity contribution in [1.29, 1.82) is 0 Å². The lowest BCUT2D eigenvalue weighted by molar-refractivity contribution is -0.124. The highest BCUT2D eigenvalue weighted by atomic mass is 79.9. The number of amides is 3. The van der Waals surface area contributed by atoms with E-state index in [-0.39, 0.29) is 24.3 Å². The SMILES string of the molecule is COc1cc(C(=O)NNC(=O)CC(C)(C)CC(=O)Nc2cccc(Br)c2)cc(OC)c1OC. The molecule has 33 heavy (non-hydrogen) atoms. The maximum absolute atomic E-state index is 12.5. The third kappa shape index (κ3) is 7.67. The molecule has 0 fully saturated rings. The molecule has 0 aliphatic heterocycles. The Hall–Kier alpha value is -3.27. The molecule has 2 aromatic rings. The second-order valence-electron chi connectivity index (χ2n) is 7.99. The minimum Gasteiger partial charge on any atom is -0.493 e. The topological polar surface area (TPSA) is 115 Å². The summed E-state index contributed by atoms with van der Waals surface area (Å²) in [5, 5.41) is 2.81. The van der Waals surface area contributed by atoms with Gasteiger partial charge in [0.1, 0.15) is 0 Å². The van der Waals surface area contributed by atoms with Crippen molar-refractivity contribution in [3.05, 3.63) is 46.4 Å². The number of anilines is 1. The van der Waals surface area contributed by atoms with Gasteiger partial charge in [-0.05, 0) is 35.7 Å². The molecule has 0 aliphatic carbocycles. The lowest BCUT2D eigenvalue weighted by Gasteiger charge is -2.23. The Bertz CT molecular complexity index is 1000. The van der Waals surface area contributed by atoms with Crippen molar-refractivity contribution in [3.8, 4) is 17.2 Å².